The number of nitrogens with two attached hydrogens (primary N) is 1. The zero-order valence-corrected chi connectivity index (χ0v) is 11.8. The first-order valence-corrected chi connectivity index (χ1v) is 6.19. The lowest BCUT2D eigenvalue weighted by Crippen LogP contribution is -2.02. The average molecular weight is 364 g/mol. The highest BCUT2D eigenvalue weighted by atomic mass is 127. The number of nitrogen functional groups attached to an aromatic ring is 1. The molecule has 0 aliphatic carbocycles. The molecule has 0 bridgehead atoms. The summed E-state index contributed by atoms with van der Waals surface area (Å²) in [5.41, 5.74) is 7.19. The molecule has 0 amide bonds. The van der Waals surface area contributed by atoms with Gasteiger partial charge in [-0.05, 0) is 47.7 Å². The summed E-state index contributed by atoms with van der Waals surface area (Å²) >= 11 is 7.79. The van der Waals surface area contributed by atoms with Crippen LogP contribution in [0.5, 0.6) is 0 Å². The quantitative estimate of drug-likeness (QED) is 0.790. The van der Waals surface area contributed by atoms with Crippen molar-refractivity contribution in [2.75, 3.05) is 5.73 Å². The van der Waals surface area contributed by atoms with Crippen molar-refractivity contribution in [2.45, 2.75) is 6.92 Å². The zero-order chi connectivity index (χ0) is 12.6. The van der Waals surface area contributed by atoms with Gasteiger partial charge in [-0.25, -0.2) is 14.4 Å². The van der Waals surface area contributed by atoms with Crippen molar-refractivity contribution in [1.82, 2.24) is 9.97 Å². The molecule has 2 rings (SSSR count). The van der Waals surface area contributed by atoms with Gasteiger partial charge in [0.2, 0.25) is 0 Å². The van der Waals surface area contributed by atoms with Crippen molar-refractivity contribution < 1.29 is 4.39 Å². The molecule has 0 radical (unpaired) electrons. The van der Waals surface area contributed by atoms with Crippen molar-refractivity contribution in [3.63, 3.8) is 0 Å². The van der Waals surface area contributed by atoms with Crippen molar-refractivity contribution in [3.05, 3.63) is 38.3 Å². The van der Waals surface area contributed by atoms with Gasteiger partial charge in [-0.2, -0.15) is 0 Å². The summed E-state index contributed by atoms with van der Waals surface area (Å²) in [5.74, 6) is 0.390. The van der Waals surface area contributed by atoms with Crippen LogP contribution < -0.4 is 5.73 Å². The molecule has 1 aromatic carbocycles. The van der Waals surface area contributed by atoms with Gasteiger partial charge in [-0.1, -0.05) is 11.6 Å². The Balaban J connectivity index is 2.57. The first kappa shape index (κ1) is 12.5. The first-order chi connectivity index (χ1) is 7.99. The van der Waals surface area contributed by atoms with Crippen LogP contribution in [0, 0.1) is 16.3 Å². The number of hydrogen-bond acceptors (Lipinski definition) is 3. The summed E-state index contributed by atoms with van der Waals surface area (Å²) in [5, 5.41) is 0.0425. The Morgan fingerprint density at radius 1 is 1.35 bits per heavy atom. The first-order valence-electron chi connectivity index (χ1n) is 4.74. The van der Waals surface area contributed by atoms with Gasteiger partial charge in [0.25, 0.3) is 0 Å². The molecule has 6 heteroatoms. The molecule has 0 aliphatic heterocycles. The Morgan fingerprint density at radius 3 is 2.65 bits per heavy atom. The lowest BCUT2D eigenvalue weighted by Gasteiger charge is -2.06. The zero-order valence-electron chi connectivity index (χ0n) is 8.84. The van der Waals surface area contributed by atoms with Gasteiger partial charge in [0, 0.05) is 5.56 Å². The fourth-order valence-electron chi connectivity index (χ4n) is 1.35. The predicted molar refractivity (Wildman–Crippen MR) is 74.3 cm³/mol. The van der Waals surface area contributed by atoms with Crippen molar-refractivity contribution in [1.29, 1.82) is 0 Å². The van der Waals surface area contributed by atoms with Crippen molar-refractivity contribution >= 4 is 40.0 Å². The molecule has 0 aliphatic rings. The molecule has 0 unspecified atom stereocenters. The predicted octanol–water partition coefficient (Wildman–Crippen LogP) is 3.43. The van der Waals surface area contributed by atoms with E-state index in [0.717, 1.165) is 9.26 Å². The topological polar surface area (TPSA) is 51.8 Å². The van der Waals surface area contributed by atoms with E-state index in [-0.39, 0.29) is 5.02 Å². The van der Waals surface area contributed by atoms with E-state index in [2.05, 4.69) is 32.6 Å². The van der Waals surface area contributed by atoms with E-state index < -0.39 is 5.82 Å². The number of benzene rings is 1. The Labute approximate surface area is 116 Å². The molecule has 0 atom stereocenters. The average Bonchev–Trinajstić information content (AvgIpc) is 2.29. The van der Waals surface area contributed by atoms with Crippen LogP contribution in [-0.4, -0.2) is 9.97 Å². The second-order valence-electron chi connectivity index (χ2n) is 3.46. The van der Waals surface area contributed by atoms with Crippen LogP contribution in [0.25, 0.3) is 11.4 Å². The highest BCUT2D eigenvalue weighted by molar-refractivity contribution is 14.1. The molecule has 0 spiro atoms. The van der Waals surface area contributed by atoms with Crippen LogP contribution in [0.3, 0.4) is 0 Å². The van der Waals surface area contributed by atoms with Crippen LogP contribution >= 0.6 is 34.2 Å². The van der Waals surface area contributed by atoms with Gasteiger partial charge in [0.05, 0.1) is 14.3 Å². The normalized spacial score (nSPS) is 10.6. The van der Waals surface area contributed by atoms with Gasteiger partial charge in [0.15, 0.2) is 5.82 Å². The summed E-state index contributed by atoms with van der Waals surface area (Å²) in [6.07, 6.45) is 0. The number of aromatic nitrogens is 2. The smallest absolute Gasteiger partial charge is 0.161 e. The van der Waals surface area contributed by atoms with E-state index >= 15 is 0 Å². The lowest BCUT2D eigenvalue weighted by molar-refractivity contribution is 0.628. The third kappa shape index (κ3) is 2.50. The second kappa shape index (κ2) is 4.73. The Morgan fingerprint density at radius 2 is 2.06 bits per heavy atom. The molecule has 0 saturated carbocycles. The Bertz CT molecular complexity index is 566. The van der Waals surface area contributed by atoms with Crippen LogP contribution in [0.1, 0.15) is 5.69 Å². The lowest BCUT2D eigenvalue weighted by atomic mass is 10.2. The number of halogens is 3. The fourth-order valence-corrected chi connectivity index (χ4v) is 1.77. The molecule has 2 aromatic rings. The van der Waals surface area contributed by atoms with Crippen LogP contribution in [0.2, 0.25) is 5.02 Å². The highest BCUT2D eigenvalue weighted by Crippen LogP contribution is 2.25. The number of hydrogen-bond donors (Lipinski definition) is 1. The second-order valence-corrected chi connectivity index (χ2v) is 4.95. The maximum atomic E-state index is 13.0. The summed E-state index contributed by atoms with van der Waals surface area (Å²) in [7, 11) is 0. The van der Waals surface area contributed by atoms with Crippen molar-refractivity contribution in [3.8, 4) is 11.4 Å². The number of anilines is 1. The van der Waals surface area contributed by atoms with Gasteiger partial charge < -0.3 is 5.73 Å². The molecule has 88 valence electrons. The van der Waals surface area contributed by atoms with E-state index in [1.54, 1.807) is 6.07 Å². The van der Waals surface area contributed by atoms with Gasteiger partial charge in [0.1, 0.15) is 11.6 Å². The monoisotopic (exact) mass is 363 g/mol. The van der Waals surface area contributed by atoms with Gasteiger partial charge in [-0.3, -0.25) is 0 Å². The number of nitrogens with zero attached hydrogens (tertiary/aromatic N) is 2. The van der Waals surface area contributed by atoms with E-state index in [1.807, 2.05) is 6.92 Å². The molecular formula is C11H8ClFIN3. The minimum Gasteiger partial charge on any atom is -0.383 e. The standard InChI is InChI=1S/C11H8ClFIN3/c1-5-9(14)10(15)17-11(16-5)6-2-3-8(13)7(12)4-6/h2-4H,1H3,(H2,15,16,17). The summed E-state index contributed by atoms with van der Waals surface area (Å²) in [6.45, 7) is 1.84. The molecule has 3 nitrogen and oxygen atoms in total. The summed E-state index contributed by atoms with van der Waals surface area (Å²) < 4.78 is 13.9. The van der Waals surface area contributed by atoms with Crippen molar-refractivity contribution in [2.24, 2.45) is 0 Å². The van der Waals surface area contributed by atoms with Gasteiger partial charge >= 0.3 is 0 Å². The van der Waals surface area contributed by atoms with E-state index in [1.165, 1.54) is 12.1 Å². The minimum atomic E-state index is -0.467. The van der Waals surface area contributed by atoms with E-state index in [0.29, 0.717) is 17.2 Å². The molecule has 1 heterocycles. The summed E-state index contributed by atoms with van der Waals surface area (Å²) in [4.78, 5) is 8.45. The van der Waals surface area contributed by atoms with Crippen LogP contribution in [0.4, 0.5) is 10.2 Å². The van der Waals surface area contributed by atoms with Gasteiger partial charge in [-0.15, -0.1) is 0 Å². The Hall–Kier alpha value is -0.950. The third-order valence-electron chi connectivity index (χ3n) is 2.22. The molecular weight excluding hydrogens is 355 g/mol. The fraction of sp³-hybridized carbons (Fsp3) is 0.0909. The maximum absolute atomic E-state index is 13.0. The third-order valence-corrected chi connectivity index (χ3v) is 3.84. The maximum Gasteiger partial charge on any atom is 0.161 e. The molecule has 17 heavy (non-hydrogen) atoms. The van der Waals surface area contributed by atoms with E-state index in [4.69, 9.17) is 17.3 Å². The van der Waals surface area contributed by atoms with Crippen LogP contribution in [0.15, 0.2) is 18.2 Å². The Kier molecular flexibility index (Phi) is 3.48. The number of rotatable bonds is 1. The minimum absolute atomic E-state index is 0.0425. The van der Waals surface area contributed by atoms with Crippen LogP contribution in [-0.2, 0) is 0 Å². The highest BCUT2D eigenvalue weighted by Gasteiger charge is 2.10. The summed E-state index contributed by atoms with van der Waals surface area (Å²) in [6, 6.07) is 4.34. The number of aryl methyl sites for hydroxylation is 1. The SMILES string of the molecule is Cc1nc(-c2ccc(F)c(Cl)c2)nc(N)c1I. The van der Waals surface area contributed by atoms with E-state index in [9.17, 15) is 4.39 Å². The molecule has 0 fully saturated rings. The largest absolute Gasteiger partial charge is 0.383 e. The molecule has 0 saturated heterocycles. The molecule has 2 N–H and O–H groups in total. The molecule has 1 aromatic heterocycles.